The molecule has 1 atom stereocenters. The van der Waals surface area contributed by atoms with Gasteiger partial charge in [0, 0.05) is 50.9 Å². The molecule has 3 aliphatic rings. The maximum Gasteiger partial charge on any atom is 0.396 e. The number of carbonyl (C=O) groups is 1. The van der Waals surface area contributed by atoms with E-state index in [1.54, 1.807) is 0 Å². The van der Waals surface area contributed by atoms with Crippen molar-refractivity contribution in [2.45, 2.75) is 56.7 Å². The maximum absolute atomic E-state index is 13.7. The van der Waals surface area contributed by atoms with Crippen molar-refractivity contribution in [1.82, 2.24) is 24.4 Å². The number of hydrogen-bond donors (Lipinski definition) is 1. The highest BCUT2D eigenvalue weighted by Gasteiger charge is 2.48. The number of rotatable bonds is 5. The van der Waals surface area contributed by atoms with Gasteiger partial charge in [0.1, 0.15) is 23.8 Å². The topological polar surface area (TPSA) is 79.2 Å². The van der Waals surface area contributed by atoms with Gasteiger partial charge in [0.2, 0.25) is 5.91 Å². The van der Waals surface area contributed by atoms with E-state index in [2.05, 4.69) is 29.7 Å². The number of nitrogens with one attached hydrogen (secondary N) is 1. The number of nitrogens with zero attached hydrogens (tertiary/aromatic N) is 6. The molecule has 0 unspecified atom stereocenters. The van der Waals surface area contributed by atoms with E-state index in [0.717, 1.165) is 44.8 Å². The fourth-order valence-corrected chi connectivity index (χ4v) is 5.28. The summed E-state index contributed by atoms with van der Waals surface area (Å²) < 4.78 is 43.5. The molecule has 1 N–H and O–H groups in total. The fraction of sp³-hybridized carbons (Fsp3) is 0.636. The molecule has 0 aromatic carbocycles. The summed E-state index contributed by atoms with van der Waals surface area (Å²) in [6.07, 6.45) is 4.00. The molecule has 3 aliphatic heterocycles. The summed E-state index contributed by atoms with van der Waals surface area (Å²) in [6, 6.07) is 0. The summed E-state index contributed by atoms with van der Waals surface area (Å²) in [5.41, 5.74) is -0.0184. The molecule has 2 aromatic rings. The molecule has 2 fully saturated rings. The third kappa shape index (κ3) is 4.55. The molecule has 2 aromatic heterocycles. The monoisotopic (exact) mass is 463 g/mol. The van der Waals surface area contributed by atoms with Gasteiger partial charge in [0.15, 0.2) is 0 Å². The van der Waals surface area contributed by atoms with Crippen LogP contribution in [0.2, 0.25) is 0 Å². The van der Waals surface area contributed by atoms with Gasteiger partial charge in [-0.25, -0.2) is 15.0 Å². The van der Waals surface area contributed by atoms with E-state index in [9.17, 15) is 18.0 Å². The minimum atomic E-state index is -4.54. The Balaban J connectivity index is 1.30. The summed E-state index contributed by atoms with van der Waals surface area (Å²) in [6.45, 7) is 5.38. The average molecular weight is 464 g/mol. The zero-order chi connectivity index (χ0) is 23.0. The van der Waals surface area contributed by atoms with Crippen molar-refractivity contribution in [2.75, 3.05) is 42.9 Å². The maximum atomic E-state index is 13.7. The van der Waals surface area contributed by atoms with Gasteiger partial charge in [-0.15, -0.1) is 0 Å². The number of hydrogen-bond acceptors (Lipinski definition) is 6. The highest BCUT2D eigenvalue weighted by Crippen LogP contribution is 2.46. The van der Waals surface area contributed by atoms with Gasteiger partial charge in [-0.1, -0.05) is 0 Å². The zero-order valence-electron chi connectivity index (χ0n) is 18.4. The second kappa shape index (κ2) is 8.92. The third-order valence-corrected chi connectivity index (χ3v) is 7.02. The lowest BCUT2D eigenvalue weighted by molar-refractivity contribution is -0.156. The van der Waals surface area contributed by atoms with Crippen LogP contribution in [-0.4, -0.2) is 69.2 Å². The van der Waals surface area contributed by atoms with Crippen molar-refractivity contribution in [3.63, 3.8) is 0 Å². The first-order valence-electron chi connectivity index (χ1n) is 11.6. The Labute approximate surface area is 190 Å². The Bertz CT molecular complexity index is 994. The van der Waals surface area contributed by atoms with Crippen LogP contribution in [0.15, 0.2) is 18.7 Å². The van der Waals surface area contributed by atoms with Crippen LogP contribution in [0.3, 0.4) is 0 Å². The molecule has 5 rings (SSSR count). The molecular weight excluding hydrogens is 435 g/mol. The molecule has 2 saturated heterocycles. The zero-order valence-corrected chi connectivity index (χ0v) is 18.4. The number of piperidine rings is 1. The van der Waals surface area contributed by atoms with E-state index < -0.39 is 24.4 Å². The first kappa shape index (κ1) is 22.1. The third-order valence-electron chi connectivity index (χ3n) is 7.02. The second-order valence-electron chi connectivity index (χ2n) is 9.09. The SMILES string of the molecule is O=C1C[C@@H](C(F)(F)F)c2c(ncnc2N2CCC(c3nccn3CCN3CCCC3)CC2)N1. The van der Waals surface area contributed by atoms with E-state index in [-0.39, 0.29) is 23.1 Å². The number of aromatic nitrogens is 4. The van der Waals surface area contributed by atoms with Gasteiger partial charge < -0.3 is 19.7 Å². The predicted molar refractivity (Wildman–Crippen MR) is 116 cm³/mol. The molecule has 0 spiro atoms. The van der Waals surface area contributed by atoms with Gasteiger partial charge in [0.05, 0.1) is 11.5 Å². The number of anilines is 2. The van der Waals surface area contributed by atoms with Crippen molar-refractivity contribution in [1.29, 1.82) is 0 Å². The molecule has 0 aliphatic carbocycles. The van der Waals surface area contributed by atoms with E-state index in [1.165, 1.54) is 19.2 Å². The number of fused-ring (bicyclic) bond motifs is 1. The number of halogens is 3. The van der Waals surface area contributed by atoms with Gasteiger partial charge in [-0.3, -0.25) is 4.79 Å². The Kier molecular flexibility index (Phi) is 5.98. The molecule has 178 valence electrons. The van der Waals surface area contributed by atoms with Crippen LogP contribution in [0.1, 0.15) is 55.3 Å². The van der Waals surface area contributed by atoms with Gasteiger partial charge in [-0.2, -0.15) is 13.2 Å². The molecular formula is C22H28F3N7O. The quantitative estimate of drug-likeness (QED) is 0.734. The highest BCUT2D eigenvalue weighted by molar-refractivity contribution is 5.94. The molecule has 0 radical (unpaired) electrons. The first-order valence-corrected chi connectivity index (χ1v) is 11.6. The molecule has 8 nitrogen and oxygen atoms in total. The van der Waals surface area contributed by atoms with Crippen molar-refractivity contribution < 1.29 is 18.0 Å². The van der Waals surface area contributed by atoms with Crippen molar-refractivity contribution in [3.8, 4) is 0 Å². The minimum absolute atomic E-state index is 0.0184. The number of imidazole rings is 1. The Hall–Kier alpha value is -2.69. The van der Waals surface area contributed by atoms with E-state index in [4.69, 9.17) is 0 Å². The summed E-state index contributed by atoms with van der Waals surface area (Å²) in [7, 11) is 0. The van der Waals surface area contributed by atoms with E-state index in [1.807, 2.05) is 17.3 Å². The van der Waals surface area contributed by atoms with Crippen LogP contribution in [0.25, 0.3) is 0 Å². The van der Waals surface area contributed by atoms with Crippen LogP contribution >= 0.6 is 0 Å². The lowest BCUT2D eigenvalue weighted by Crippen LogP contribution is -2.38. The predicted octanol–water partition coefficient (Wildman–Crippen LogP) is 3.14. The Morgan fingerprint density at radius 2 is 1.79 bits per heavy atom. The van der Waals surface area contributed by atoms with Gasteiger partial charge in [0.25, 0.3) is 0 Å². The smallest absolute Gasteiger partial charge is 0.356 e. The minimum Gasteiger partial charge on any atom is -0.356 e. The normalized spacial score (nSPS) is 22.5. The van der Waals surface area contributed by atoms with Crippen molar-refractivity contribution in [3.05, 3.63) is 30.1 Å². The van der Waals surface area contributed by atoms with Crippen LogP contribution in [0.4, 0.5) is 24.8 Å². The standard InChI is InChI=1S/C22H28F3N7O/c23-22(24,25)16-13-17(33)29-19-18(16)21(28-14-27-19)31-8-3-15(4-9-31)20-26-5-10-32(20)12-11-30-6-1-2-7-30/h5,10,14-16H,1-4,6-9,11-13H2,(H,27,28,29,33)/t16-/m1/s1. The molecule has 0 bridgehead atoms. The van der Waals surface area contributed by atoms with Crippen molar-refractivity contribution >= 4 is 17.5 Å². The Morgan fingerprint density at radius 1 is 1.03 bits per heavy atom. The summed E-state index contributed by atoms with van der Waals surface area (Å²) in [4.78, 5) is 28.9. The lowest BCUT2D eigenvalue weighted by Gasteiger charge is -2.36. The number of amides is 1. The molecule has 0 saturated carbocycles. The van der Waals surface area contributed by atoms with Crippen LogP contribution < -0.4 is 10.2 Å². The van der Waals surface area contributed by atoms with Crippen LogP contribution in [-0.2, 0) is 11.3 Å². The largest absolute Gasteiger partial charge is 0.396 e. The second-order valence-corrected chi connectivity index (χ2v) is 9.09. The van der Waals surface area contributed by atoms with Crippen LogP contribution in [0, 0.1) is 0 Å². The summed E-state index contributed by atoms with van der Waals surface area (Å²) in [5.74, 6) is -1.01. The van der Waals surface area contributed by atoms with Gasteiger partial charge in [-0.05, 0) is 38.8 Å². The van der Waals surface area contributed by atoms with E-state index >= 15 is 0 Å². The number of alkyl halides is 3. The molecule has 5 heterocycles. The summed E-state index contributed by atoms with van der Waals surface area (Å²) in [5, 5.41) is 2.48. The van der Waals surface area contributed by atoms with Gasteiger partial charge >= 0.3 is 6.18 Å². The number of carbonyl (C=O) groups excluding carboxylic acids is 1. The van der Waals surface area contributed by atoms with Crippen LogP contribution in [0.5, 0.6) is 0 Å². The fourth-order valence-electron chi connectivity index (χ4n) is 5.28. The Morgan fingerprint density at radius 3 is 2.52 bits per heavy atom. The highest BCUT2D eigenvalue weighted by atomic mass is 19.4. The van der Waals surface area contributed by atoms with E-state index in [0.29, 0.717) is 13.1 Å². The first-order chi connectivity index (χ1) is 15.9. The average Bonchev–Trinajstić information content (AvgIpc) is 3.48. The molecule has 11 heteroatoms. The molecule has 1 amide bonds. The summed E-state index contributed by atoms with van der Waals surface area (Å²) >= 11 is 0. The van der Waals surface area contributed by atoms with Crippen molar-refractivity contribution in [2.24, 2.45) is 0 Å². The lowest BCUT2D eigenvalue weighted by atomic mass is 9.90. The molecule has 33 heavy (non-hydrogen) atoms. The number of likely N-dealkylation sites (tertiary alicyclic amines) is 1.